The number of anilines is 2. The fourth-order valence-electron chi connectivity index (χ4n) is 2.93. The number of ether oxygens (including phenoxy) is 2. The predicted molar refractivity (Wildman–Crippen MR) is 105 cm³/mol. The average Bonchev–Trinajstić information content (AvgIpc) is 3.28. The van der Waals surface area contributed by atoms with Crippen LogP contribution in [0, 0.1) is 12.8 Å². The molecule has 2 aromatic carbocycles. The molecule has 0 radical (unpaired) electrons. The molecule has 0 saturated heterocycles. The summed E-state index contributed by atoms with van der Waals surface area (Å²) in [4.78, 5) is 24.6. The molecular weight excluding hydrogens is 382 g/mol. The molecule has 1 unspecified atom stereocenters. The van der Waals surface area contributed by atoms with E-state index in [9.17, 15) is 18.4 Å². The number of amides is 2. The monoisotopic (exact) mass is 404 g/mol. The number of benzene rings is 2. The maximum Gasteiger partial charge on any atom is 0.255 e. The van der Waals surface area contributed by atoms with Gasteiger partial charge in [-0.1, -0.05) is 6.07 Å². The molecular formula is C21H22F2N2O4. The van der Waals surface area contributed by atoms with Gasteiger partial charge in [-0.15, -0.1) is 0 Å². The molecule has 0 aromatic heterocycles. The normalized spacial score (nSPS) is 16.7. The zero-order chi connectivity index (χ0) is 21.2. The van der Waals surface area contributed by atoms with E-state index in [4.69, 9.17) is 9.47 Å². The number of methoxy groups -OCH3 is 2. The summed E-state index contributed by atoms with van der Waals surface area (Å²) in [5.74, 6) is -3.52. The summed E-state index contributed by atoms with van der Waals surface area (Å²) in [6.07, 6.45) is -0.498. The van der Waals surface area contributed by atoms with Crippen LogP contribution in [0.15, 0.2) is 36.4 Å². The Labute approximate surface area is 167 Å². The predicted octanol–water partition coefficient (Wildman–Crippen LogP) is 4.25. The minimum absolute atomic E-state index is 0.242. The number of hydrogen-bond acceptors (Lipinski definition) is 4. The fraction of sp³-hybridized carbons (Fsp3) is 0.333. The molecule has 2 N–H and O–H groups in total. The van der Waals surface area contributed by atoms with Gasteiger partial charge < -0.3 is 20.1 Å². The van der Waals surface area contributed by atoms with E-state index in [-0.39, 0.29) is 18.7 Å². The highest BCUT2D eigenvalue weighted by atomic mass is 19.3. The number of carbonyl (C=O) groups excluding carboxylic acids is 2. The van der Waals surface area contributed by atoms with Gasteiger partial charge in [-0.3, -0.25) is 9.59 Å². The third kappa shape index (κ3) is 4.82. The lowest BCUT2D eigenvalue weighted by Crippen LogP contribution is -2.16. The van der Waals surface area contributed by atoms with Crippen LogP contribution in [0.3, 0.4) is 0 Å². The maximum atomic E-state index is 13.0. The number of hydrogen-bond donors (Lipinski definition) is 2. The number of carbonyl (C=O) groups is 2. The number of halogens is 2. The van der Waals surface area contributed by atoms with Gasteiger partial charge in [0.2, 0.25) is 5.91 Å². The van der Waals surface area contributed by atoms with Crippen LogP contribution in [0.5, 0.6) is 11.5 Å². The van der Waals surface area contributed by atoms with Crippen LogP contribution in [-0.4, -0.2) is 32.0 Å². The van der Waals surface area contributed by atoms with Crippen molar-refractivity contribution in [3.63, 3.8) is 0 Å². The van der Waals surface area contributed by atoms with Crippen LogP contribution in [-0.2, 0) is 4.79 Å². The second-order valence-corrected chi connectivity index (χ2v) is 6.97. The van der Waals surface area contributed by atoms with E-state index in [0.717, 1.165) is 5.56 Å². The highest BCUT2D eigenvalue weighted by Crippen LogP contribution is 2.50. The molecule has 29 heavy (non-hydrogen) atoms. The van der Waals surface area contributed by atoms with Gasteiger partial charge in [0.05, 0.1) is 14.2 Å². The van der Waals surface area contributed by atoms with Gasteiger partial charge in [0.25, 0.3) is 11.8 Å². The molecule has 6 nitrogen and oxygen atoms in total. The van der Waals surface area contributed by atoms with Gasteiger partial charge in [-0.25, -0.2) is 8.78 Å². The molecule has 2 aromatic rings. The molecule has 1 aliphatic rings. The summed E-state index contributed by atoms with van der Waals surface area (Å²) in [6.45, 7) is 1.76. The van der Waals surface area contributed by atoms with Crippen molar-refractivity contribution in [1.82, 2.24) is 0 Å². The first-order valence-electron chi connectivity index (χ1n) is 9.05. The van der Waals surface area contributed by atoms with Crippen molar-refractivity contribution in [2.24, 2.45) is 5.92 Å². The van der Waals surface area contributed by atoms with Gasteiger partial charge in [0.1, 0.15) is 0 Å². The van der Waals surface area contributed by atoms with E-state index in [1.807, 2.05) is 0 Å². The van der Waals surface area contributed by atoms with Crippen molar-refractivity contribution >= 4 is 23.2 Å². The molecule has 154 valence electrons. The second-order valence-electron chi connectivity index (χ2n) is 6.97. The van der Waals surface area contributed by atoms with Gasteiger partial charge in [0.15, 0.2) is 11.5 Å². The van der Waals surface area contributed by atoms with Crippen molar-refractivity contribution < 1.29 is 27.8 Å². The third-order valence-corrected chi connectivity index (χ3v) is 4.80. The SMILES string of the molecule is COc1ccc(NC(=O)c2ccc(C)c(NC(=O)CC3CC3(F)F)c2)cc1OC. The van der Waals surface area contributed by atoms with Crippen molar-refractivity contribution in [2.75, 3.05) is 24.9 Å². The molecule has 1 saturated carbocycles. The standard InChI is InChI=1S/C21H22F2N2O4/c1-12-4-5-13(8-16(12)25-19(26)9-14-11-21(14,22)23)20(27)24-15-6-7-17(28-2)18(10-15)29-3/h4-8,10,14H,9,11H2,1-3H3,(H,24,27)(H,25,26). The molecule has 0 heterocycles. The van der Waals surface area contributed by atoms with Crippen molar-refractivity contribution in [3.8, 4) is 11.5 Å². The molecule has 8 heteroatoms. The minimum Gasteiger partial charge on any atom is -0.493 e. The Balaban J connectivity index is 1.70. The molecule has 2 amide bonds. The first kappa shape index (κ1) is 20.6. The van der Waals surface area contributed by atoms with E-state index in [1.54, 1.807) is 37.3 Å². The summed E-state index contributed by atoms with van der Waals surface area (Å²) in [6, 6.07) is 9.80. The van der Waals surface area contributed by atoms with Crippen molar-refractivity contribution in [3.05, 3.63) is 47.5 Å². The smallest absolute Gasteiger partial charge is 0.255 e. The van der Waals surface area contributed by atoms with E-state index in [2.05, 4.69) is 10.6 Å². The highest BCUT2D eigenvalue weighted by Gasteiger charge is 2.57. The van der Waals surface area contributed by atoms with Crippen LogP contribution in [0.1, 0.15) is 28.8 Å². The van der Waals surface area contributed by atoms with Crippen molar-refractivity contribution in [2.45, 2.75) is 25.7 Å². The molecule has 1 fully saturated rings. The van der Waals surface area contributed by atoms with E-state index in [0.29, 0.717) is 28.4 Å². The molecule has 1 atom stereocenters. The number of alkyl halides is 2. The zero-order valence-corrected chi connectivity index (χ0v) is 16.3. The summed E-state index contributed by atoms with van der Waals surface area (Å²) >= 11 is 0. The lowest BCUT2D eigenvalue weighted by molar-refractivity contribution is -0.117. The first-order chi connectivity index (χ1) is 13.7. The number of aryl methyl sites for hydroxylation is 1. The number of rotatable bonds is 7. The lowest BCUT2D eigenvalue weighted by atomic mass is 10.1. The van der Waals surface area contributed by atoms with Crippen molar-refractivity contribution in [1.29, 1.82) is 0 Å². The highest BCUT2D eigenvalue weighted by molar-refractivity contribution is 6.05. The van der Waals surface area contributed by atoms with Gasteiger partial charge in [0, 0.05) is 41.8 Å². The average molecular weight is 404 g/mol. The number of nitrogens with one attached hydrogen (secondary N) is 2. The van der Waals surface area contributed by atoms with Gasteiger partial charge in [-0.05, 0) is 36.8 Å². The second kappa shape index (κ2) is 8.06. The Bertz CT molecular complexity index is 946. The summed E-state index contributed by atoms with van der Waals surface area (Å²) in [7, 11) is 3.01. The molecule has 3 rings (SSSR count). The fourth-order valence-corrected chi connectivity index (χ4v) is 2.93. The Morgan fingerprint density at radius 2 is 1.76 bits per heavy atom. The third-order valence-electron chi connectivity index (χ3n) is 4.80. The Hall–Kier alpha value is -3.16. The van der Waals surface area contributed by atoms with E-state index < -0.39 is 17.7 Å². The molecule has 1 aliphatic carbocycles. The quantitative estimate of drug-likeness (QED) is 0.723. The lowest BCUT2D eigenvalue weighted by Gasteiger charge is -2.12. The van der Waals surface area contributed by atoms with E-state index in [1.165, 1.54) is 20.3 Å². The summed E-state index contributed by atoms with van der Waals surface area (Å²) in [5.41, 5.74) is 1.97. The first-order valence-corrected chi connectivity index (χ1v) is 9.05. The molecule has 0 bridgehead atoms. The Kier molecular flexibility index (Phi) is 5.72. The van der Waals surface area contributed by atoms with E-state index >= 15 is 0 Å². The Morgan fingerprint density at radius 1 is 1.07 bits per heavy atom. The van der Waals surface area contributed by atoms with Crippen LogP contribution in [0.4, 0.5) is 20.2 Å². The summed E-state index contributed by atoms with van der Waals surface area (Å²) in [5, 5.41) is 5.37. The van der Waals surface area contributed by atoms with Crippen LogP contribution in [0.25, 0.3) is 0 Å². The van der Waals surface area contributed by atoms with Crippen LogP contribution < -0.4 is 20.1 Å². The Morgan fingerprint density at radius 3 is 2.38 bits per heavy atom. The van der Waals surface area contributed by atoms with Crippen LogP contribution in [0.2, 0.25) is 0 Å². The molecule has 0 aliphatic heterocycles. The van der Waals surface area contributed by atoms with Gasteiger partial charge in [-0.2, -0.15) is 0 Å². The van der Waals surface area contributed by atoms with Crippen LogP contribution >= 0.6 is 0 Å². The minimum atomic E-state index is -2.74. The van der Waals surface area contributed by atoms with Gasteiger partial charge >= 0.3 is 0 Å². The molecule has 0 spiro atoms. The largest absolute Gasteiger partial charge is 0.493 e. The topological polar surface area (TPSA) is 76.7 Å². The summed E-state index contributed by atoms with van der Waals surface area (Å²) < 4.78 is 36.4. The zero-order valence-electron chi connectivity index (χ0n) is 16.3. The maximum absolute atomic E-state index is 13.0.